The van der Waals surface area contributed by atoms with E-state index in [0.29, 0.717) is 11.7 Å². The molecule has 0 aliphatic rings. The topological polar surface area (TPSA) is 64.3 Å². The van der Waals surface area contributed by atoms with E-state index in [9.17, 15) is 0 Å². The SMILES string of the molecule is [Cu+2].[SH+]=C([N-]N=Cc1ccccn1)NCc1ccccn1. The zero-order valence-corrected chi connectivity index (χ0v) is 12.3. The van der Waals surface area contributed by atoms with Gasteiger partial charge >= 0.3 is 17.1 Å². The molecule has 7 heteroatoms. The number of rotatable bonds is 4. The van der Waals surface area contributed by atoms with Gasteiger partial charge in [0.15, 0.2) is 17.3 Å². The largest absolute Gasteiger partial charge is 2.00 e. The minimum absolute atomic E-state index is 0. The summed E-state index contributed by atoms with van der Waals surface area (Å²) >= 11 is 4.18. The Labute approximate surface area is 133 Å². The molecule has 2 aromatic rings. The second kappa shape index (κ2) is 9.28. The molecule has 2 rings (SSSR count). The third-order valence-electron chi connectivity index (χ3n) is 2.18. The Morgan fingerprint density at radius 3 is 2.60 bits per heavy atom. The van der Waals surface area contributed by atoms with Crippen LogP contribution in [0.2, 0.25) is 0 Å². The van der Waals surface area contributed by atoms with Crippen LogP contribution in [0.1, 0.15) is 11.4 Å². The molecule has 1 N–H and O–H groups in total. The van der Waals surface area contributed by atoms with Crippen LogP contribution in [0.15, 0.2) is 53.9 Å². The average Bonchev–Trinajstić information content (AvgIpc) is 2.47. The van der Waals surface area contributed by atoms with E-state index in [4.69, 9.17) is 0 Å². The van der Waals surface area contributed by atoms with E-state index in [0.717, 1.165) is 11.4 Å². The molecule has 5 nitrogen and oxygen atoms in total. The van der Waals surface area contributed by atoms with E-state index in [-0.39, 0.29) is 17.1 Å². The summed E-state index contributed by atoms with van der Waals surface area (Å²) in [6, 6.07) is 11.3. The maximum atomic E-state index is 4.18. The number of pyridine rings is 2. The van der Waals surface area contributed by atoms with Gasteiger partial charge in [0.25, 0.3) is 0 Å². The van der Waals surface area contributed by atoms with Crippen molar-refractivity contribution in [1.82, 2.24) is 15.3 Å². The van der Waals surface area contributed by atoms with Gasteiger partial charge in [-0.25, -0.2) is 0 Å². The summed E-state index contributed by atoms with van der Waals surface area (Å²) in [5.41, 5.74) is 5.57. The molecule has 0 amide bonds. The minimum atomic E-state index is 0. The second-order valence-electron chi connectivity index (χ2n) is 3.60. The Morgan fingerprint density at radius 1 is 1.20 bits per heavy atom. The number of thiol groups is 1. The maximum Gasteiger partial charge on any atom is 2.00 e. The molecule has 0 atom stereocenters. The smallest absolute Gasteiger partial charge is 0.515 e. The number of aromatic nitrogens is 2. The minimum Gasteiger partial charge on any atom is -0.515 e. The van der Waals surface area contributed by atoms with Crippen molar-refractivity contribution in [2.75, 3.05) is 0 Å². The molecular formula is C13H13CuN5S+2. The number of nitrogens with one attached hydrogen (secondary N) is 1. The molecule has 0 bridgehead atoms. The van der Waals surface area contributed by atoms with Crippen LogP contribution >= 0.6 is 0 Å². The van der Waals surface area contributed by atoms with Crippen LogP contribution in [-0.4, -0.2) is 21.3 Å². The molecule has 1 radical (unpaired) electrons. The first-order valence-electron chi connectivity index (χ1n) is 5.69. The molecule has 2 aromatic heterocycles. The maximum absolute atomic E-state index is 4.18. The molecule has 0 saturated carbocycles. The predicted molar refractivity (Wildman–Crippen MR) is 80.0 cm³/mol. The molecule has 0 fully saturated rings. The van der Waals surface area contributed by atoms with Gasteiger partial charge in [-0.05, 0) is 24.3 Å². The van der Waals surface area contributed by atoms with E-state index in [2.05, 4.69) is 38.0 Å². The van der Waals surface area contributed by atoms with E-state index in [1.54, 1.807) is 18.6 Å². The van der Waals surface area contributed by atoms with Gasteiger partial charge < -0.3 is 10.5 Å². The molecule has 0 aliphatic heterocycles. The van der Waals surface area contributed by atoms with Gasteiger partial charge in [-0.2, -0.15) is 0 Å². The van der Waals surface area contributed by atoms with Crippen LogP contribution in [0.25, 0.3) is 5.43 Å². The van der Waals surface area contributed by atoms with Crippen LogP contribution in [0.3, 0.4) is 0 Å². The first kappa shape index (κ1) is 16.4. The van der Waals surface area contributed by atoms with Crippen molar-refractivity contribution in [2.24, 2.45) is 5.10 Å². The zero-order chi connectivity index (χ0) is 13.3. The summed E-state index contributed by atoms with van der Waals surface area (Å²) in [7, 11) is 0. The van der Waals surface area contributed by atoms with Crippen LogP contribution < -0.4 is 5.32 Å². The van der Waals surface area contributed by atoms with Gasteiger partial charge in [0.1, 0.15) is 0 Å². The van der Waals surface area contributed by atoms with E-state index in [1.165, 1.54) is 0 Å². The third kappa shape index (κ3) is 5.99. The Bertz CT molecular complexity index is 547. The van der Waals surface area contributed by atoms with Crippen LogP contribution in [0, 0.1) is 0 Å². The van der Waals surface area contributed by atoms with Crippen molar-refractivity contribution >= 4 is 23.5 Å². The van der Waals surface area contributed by atoms with E-state index < -0.39 is 0 Å². The summed E-state index contributed by atoms with van der Waals surface area (Å²) < 4.78 is 0. The number of hydrogen-bond donors (Lipinski definition) is 1. The van der Waals surface area contributed by atoms with Gasteiger partial charge in [-0.1, -0.05) is 12.1 Å². The molecule has 0 aliphatic carbocycles. The second-order valence-corrected chi connectivity index (χ2v) is 4.02. The fraction of sp³-hybridized carbons (Fsp3) is 0.0769. The number of nitrogens with zero attached hydrogens (tertiary/aromatic N) is 4. The van der Waals surface area contributed by atoms with Crippen LogP contribution in [0.4, 0.5) is 0 Å². The fourth-order valence-electron chi connectivity index (χ4n) is 1.30. The van der Waals surface area contributed by atoms with Crippen molar-refractivity contribution in [3.63, 3.8) is 0 Å². The molecule has 20 heavy (non-hydrogen) atoms. The van der Waals surface area contributed by atoms with Gasteiger partial charge in [-0.3, -0.25) is 15.3 Å². The van der Waals surface area contributed by atoms with E-state index in [1.807, 2.05) is 36.4 Å². The Kier molecular flexibility index (Phi) is 7.60. The van der Waals surface area contributed by atoms with Crippen molar-refractivity contribution < 1.29 is 17.1 Å². The van der Waals surface area contributed by atoms with Crippen LogP contribution in [-0.2, 0) is 35.8 Å². The summed E-state index contributed by atoms with van der Waals surface area (Å²) in [5.74, 6) is 0. The molecule has 2 heterocycles. The van der Waals surface area contributed by atoms with Crippen molar-refractivity contribution in [2.45, 2.75) is 6.54 Å². The molecule has 0 aromatic carbocycles. The third-order valence-corrected chi connectivity index (χ3v) is 2.43. The average molecular weight is 335 g/mol. The zero-order valence-electron chi connectivity index (χ0n) is 10.4. The summed E-state index contributed by atoms with van der Waals surface area (Å²) in [6.45, 7) is 0.558. The van der Waals surface area contributed by atoms with Crippen molar-refractivity contribution in [3.8, 4) is 0 Å². The molecule has 0 saturated heterocycles. The Balaban J connectivity index is 0.00000200. The van der Waals surface area contributed by atoms with Gasteiger partial charge in [-0.15, -0.1) is 0 Å². The molecular weight excluding hydrogens is 322 g/mol. The van der Waals surface area contributed by atoms with E-state index >= 15 is 0 Å². The normalized spacial score (nSPS) is 10.0. The predicted octanol–water partition coefficient (Wildman–Crippen LogP) is 1.34. The summed E-state index contributed by atoms with van der Waals surface area (Å²) in [6.07, 6.45) is 5.01. The number of hydrogen-bond acceptors (Lipinski definition) is 3. The summed E-state index contributed by atoms with van der Waals surface area (Å²) in [4.78, 5) is 8.27. The Hall–Kier alpha value is -1.66. The quantitative estimate of drug-likeness (QED) is 0.229. The monoisotopic (exact) mass is 334 g/mol. The Morgan fingerprint density at radius 2 is 1.95 bits per heavy atom. The summed E-state index contributed by atoms with van der Waals surface area (Å²) in [5, 5.41) is 7.33. The molecule has 105 valence electrons. The first-order chi connectivity index (χ1) is 9.34. The van der Waals surface area contributed by atoms with Gasteiger partial charge in [0, 0.05) is 25.2 Å². The van der Waals surface area contributed by atoms with Gasteiger partial charge in [0.2, 0.25) is 0 Å². The van der Waals surface area contributed by atoms with Gasteiger partial charge in [0.05, 0.1) is 11.4 Å². The van der Waals surface area contributed by atoms with Crippen molar-refractivity contribution in [3.05, 3.63) is 65.6 Å². The first-order valence-corrected chi connectivity index (χ1v) is 6.14. The fourth-order valence-corrected chi connectivity index (χ4v) is 1.43. The van der Waals surface area contributed by atoms with Crippen LogP contribution in [0.5, 0.6) is 0 Å². The standard InChI is InChI=1S/C13H13N5S.Cu/c19-13(16-9-11-5-1-3-7-14-11)18-17-10-12-6-2-4-8-15-12;/h1-8,10H,9H2,(H2,15,16,18,19);/q;+2. The van der Waals surface area contributed by atoms with Crippen molar-refractivity contribution in [1.29, 1.82) is 0 Å². The molecule has 0 unspecified atom stereocenters. The molecule has 0 spiro atoms.